The van der Waals surface area contributed by atoms with Crippen LogP contribution >= 0.6 is 15.9 Å². The van der Waals surface area contributed by atoms with Crippen molar-refractivity contribution in [1.29, 1.82) is 0 Å². The molecule has 0 spiro atoms. The molecule has 1 atom stereocenters. The normalized spacial score (nSPS) is 11.8. The van der Waals surface area contributed by atoms with Crippen LogP contribution < -0.4 is 14.8 Å². The first-order valence-corrected chi connectivity index (χ1v) is 7.17. The van der Waals surface area contributed by atoms with Crippen molar-refractivity contribution in [3.05, 3.63) is 52.5 Å². The highest BCUT2D eigenvalue weighted by Gasteiger charge is 2.08. The van der Waals surface area contributed by atoms with Crippen LogP contribution in [0.3, 0.4) is 0 Å². The van der Waals surface area contributed by atoms with Gasteiger partial charge in [0, 0.05) is 17.8 Å². The van der Waals surface area contributed by atoms with Gasteiger partial charge in [-0.3, -0.25) is 0 Å². The number of rotatable bonds is 5. The molecule has 0 aliphatic rings. The summed E-state index contributed by atoms with van der Waals surface area (Å²) in [6.07, 6.45) is 0. The number of hydrogen-bond acceptors (Lipinski definition) is 3. The van der Waals surface area contributed by atoms with Crippen LogP contribution in [0.25, 0.3) is 0 Å². The molecule has 106 valence electrons. The number of hydrogen-bond donors (Lipinski definition) is 1. The van der Waals surface area contributed by atoms with Gasteiger partial charge in [-0.25, -0.2) is 0 Å². The maximum Gasteiger partial charge on any atom is 0.133 e. The SMILES string of the molecule is COc1cccc(NC(C)c2ccc(OC)c(Br)c2)c1. The van der Waals surface area contributed by atoms with Gasteiger partial charge in [-0.05, 0) is 52.7 Å². The van der Waals surface area contributed by atoms with Gasteiger partial charge >= 0.3 is 0 Å². The summed E-state index contributed by atoms with van der Waals surface area (Å²) in [4.78, 5) is 0. The van der Waals surface area contributed by atoms with E-state index in [0.29, 0.717) is 0 Å². The summed E-state index contributed by atoms with van der Waals surface area (Å²) in [6, 6.07) is 14.2. The number of halogens is 1. The second kappa shape index (κ2) is 6.66. The Morgan fingerprint density at radius 3 is 2.50 bits per heavy atom. The van der Waals surface area contributed by atoms with Crippen molar-refractivity contribution in [2.24, 2.45) is 0 Å². The molecule has 0 heterocycles. The van der Waals surface area contributed by atoms with E-state index in [9.17, 15) is 0 Å². The molecule has 2 aromatic rings. The zero-order chi connectivity index (χ0) is 14.5. The van der Waals surface area contributed by atoms with E-state index in [0.717, 1.165) is 21.7 Å². The van der Waals surface area contributed by atoms with Crippen LogP contribution in [0.4, 0.5) is 5.69 Å². The third-order valence-electron chi connectivity index (χ3n) is 3.13. The number of methoxy groups -OCH3 is 2. The van der Waals surface area contributed by atoms with Gasteiger partial charge in [0.2, 0.25) is 0 Å². The molecule has 0 saturated heterocycles. The number of anilines is 1. The second-order valence-electron chi connectivity index (χ2n) is 4.49. The van der Waals surface area contributed by atoms with Crippen molar-refractivity contribution in [2.75, 3.05) is 19.5 Å². The van der Waals surface area contributed by atoms with Crippen LogP contribution in [0, 0.1) is 0 Å². The lowest BCUT2D eigenvalue weighted by Crippen LogP contribution is -2.06. The smallest absolute Gasteiger partial charge is 0.133 e. The van der Waals surface area contributed by atoms with Crippen LogP contribution in [0.5, 0.6) is 11.5 Å². The third kappa shape index (κ3) is 3.45. The van der Waals surface area contributed by atoms with E-state index in [4.69, 9.17) is 9.47 Å². The minimum absolute atomic E-state index is 0.185. The summed E-state index contributed by atoms with van der Waals surface area (Å²) in [5.41, 5.74) is 2.21. The highest BCUT2D eigenvalue weighted by Crippen LogP contribution is 2.29. The lowest BCUT2D eigenvalue weighted by atomic mass is 10.1. The third-order valence-corrected chi connectivity index (χ3v) is 3.75. The summed E-state index contributed by atoms with van der Waals surface area (Å²) in [6.45, 7) is 2.12. The minimum Gasteiger partial charge on any atom is -0.497 e. The standard InChI is InChI=1S/C16H18BrNO2/c1-11(12-7-8-16(20-3)15(17)9-12)18-13-5-4-6-14(10-13)19-2/h4-11,18H,1-3H3. The average Bonchev–Trinajstić information content (AvgIpc) is 2.47. The lowest BCUT2D eigenvalue weighted by Gasteiger charge is -2.17. The maximum atomic E-state index is 5.24. The van der Waals surface area contributed by atoms with Gasteiger partial charge in [-0.1, -0.05) is 12.1 Å². The Hall–Kier alpha value is -1.68. The van der Waals surface area contributed by atoms with Gasteiger partial charge in [0.25, 0.3) is 0 Å². The van der Waals surface area contributed by atoms with E-state index < -0.39 is 0 Å². The minimum atomic E-state index is 0.185. The zero-order valence-corrected chi connectivity index (χ0v) is 13.4. The summed E-state index contributed by atoms with van der Waals surface area (Å²) >= 11 is 3.51. The molecule has 1 unspecified atom stereocenters. The summed E-state index contributed by atoms with van der Waals surface area (Å²) in [5.74, 6) is 1.68. The van der Waals surface area contributed by atoms with Crippen molar-refractivity contribution in [1.82, 2.24) is 0 Å². The van der Waals surface area contributed by atoms with E-state index >= 15 is 0 Å². The monoisotopic (exact) mass is 335 g/mol. The fourth-order valence-electron chi connectivity index (χ4n) is 2.00. The number of ether oxygens (including phenoxy) is 2. The first-order chi connectivity index (χ1) is 9.63. The molecule has 1 N–H and O–H groups in total. The molecule has 0 radical (unpaired) electrons. The highest BCUT2D eigenvalue weighted by molar-refractivity contribution is 9.10. The molecule has 0 fully saturated rings. The topological polar surface area (TPSA) is 30.5 Å². The molecule has 0 bridgehead atoms. The molecule has 2 aromatic carbocycles. The van der Waals surface area contributed by atoms with E-state index in [1.165, 1.54) is 5.56 Å². The summed E-state index contributed by atoms with van der Waals surface area (Å²) in [7, 11) is 3.33. The summed E-state index contributed by atoms with van der Waals surface area (Å²) in [5, 5.41) is 3.46. The molecular formula is C16H18BrNO2. The molecule has 20 heavy (non-hydrogen) atoms. The zero-order valence-electron chi connectivity index (χ0n) is 11.8. The maximum absolute atomic E-state index is 5.24. The molecule has 0 saturated carbocycles. The highest BCUT2D eigenvalue weighted by atomic mass is 79.9. The fourth-order valence-corrected chi connectivity index (χ4v) is 2.56. The van der Waals surface area contributed by atoms with Gasteiger partial charge < -0.3 is 14.8 Å². The van der Waals surface area contributed by atoms with Crippen LogP contribution in [0.2, 0.25) is 0 Å². The second-order valence-corrected chi connectivity index (χ2v) is 5.35. The molecule has 0 aliphatic carbocycles. The Morgan fingerprint density at radius 1 is 1.05 bits per heavy atom. The molecule has 0 aromatic heterocycles. The molecule has 0 aliphatic heterocycles. The van der Waals surface area contributed by atoms with Crippen molar-refractivity contribution in [3.8, 4) is 11.5 Å². The quantitative estimate of drug-likeness (QED) is 0.863. The van der Waals surface area contributed by atoms with Crippen molar-refractivity contribution in [2.45, 2.75) is 13.0 Å². The summed E-state index contributed by atoms with van der Waals surface area (Å²) < 4.78 is 11.4. The van der Waals surface area contributed by atoms with E-state index in [1.54, 1.807) is 14.2 Å². The number of nitrogens with one attached hydrogen (secondary N) is 1. The van der Waals surface area contributed by atoms with Gasteiger partial charge in [0.1, 0.15) is 11.5 Å². The van der Waals surface area contributed by atoms with Crippen LogP contribution in [0.1, 0.15) is 18.5 Å². The Labute approximate surface area is 128 Å². The van der Waals surface area contributed by atoms with Crippen LogP contribution in [-0.4, -0.2) is 14.2 Å². The first-order valence-electron chi connectivity index (χ1n) is 6.38. The Bertz CT molecular complexity index is 586. The molecule has 2 rings (SSSR count). The van der Waals surface area contributed by atoms with Crippen molar-refractivity contribution >= 4 is 21.6 Å². The van der Waals surface area contributed by atoms with E-state index in [-0.39, 0.29) is 6.04 Å². The Kier molecular flexibility index (Phi) is 4.90. The molecule has 0 amide bonds. The van der Waals surface area contributed by atoms with Crippen LogP contribution in [-0.2, 0) is 0 Å². The van der Waals surface area contributed by atoms with Crippen molar-refractivity contribution < 1.29 is 9.47 Å². The van der Waals surface area contributed by atoms with Gasteiger partial charge in [0.05, 0.1) is 18.7 Å². The van der Waals surface area contributed by atoms with Gasteiger partial charge in [0.15, 0.2) is 0 Å². The Morgan fingerprint density at radius 2 is 1.85 bits per heavy atom. The van der Waals surface area contributed by atoms with Gasteiger partial charge in [-0.2, -0.15) is 0 Å². The van der Waals surface area contributed by atoms with Gasteiger partial charge in [-0.15, -0.1) is 0 Å². The number of benzene rings is 2. The average molecular weight is 336 g/mol. The molecule has 3 nitrogen and oxygen atoms in total. The van der Waals surface area contributed by atoms with E-state index in [2.05, 4.69) is 40.3 Å². The largest absolute Gasteiger partial charge is 0.497 e. The van der Waals surface area contributed by atoms with E-state index in [1.807, 2.05) is 30.3 Å². The van der Waals surface area contributed by atoms with Crippen LogP contribution in [0.15, 0.2) is 46.9 Å². The predicted molar refractivity (Wildman–Crippen MR) is 85.7 cm³/mol. The predicted octanol–water partition coefficient (Wildman–Crippen LogP) is 4.64. The molecular weight excluding hydrogens is 318 g/mol. The van der Waals surface area contributed by atoms with Crippen molar-refractivity contribution in [3.63, 3.8) is 0 Å². The molecule has 4 heteroatoms. The lowest BCUT2D eigenvalue weighted by molar-refractivity contribution is 0.412. The fraction of sp³-hybridized carbons (Fsp3) is 0.250. The first kappa shape index (κ1) is 14.7. The Balaban J connectivity index is 2.14.